The molecule has 0 spiro atoms. The number of fused-ring (bicyclic) bond motifs is 1. The standard InChI is InChI=1S/C22H20F3N3O4/c1-2-32-21(31)12-16-11-20(30)28(18-9-4-3-8-17(18)26-16)13-19(29)27-15-7-5-6-14(10-15)22(23,24)25/h3-11,26H,2,12-13H2,1H3,(H,27,29). The lowest BCUT2D eigenvalue weighted by Crippen LogP contribution is -2.37. The number of halogens is 3. The van der Waals surface area contributed by atoms with Gasteiger partial charge in [-0.25, -0.2) is 0 Å². The van der Waals surface area contributed by atoms with Crippen LogP contribution in [0.5, 0.6) is 0 Å². The molecule has 0 unspecified atom stereocenters. The Balaban J connectivity index is 1.81. The first-order valence-electron chi connectivity index (χ1n) is 9.68. The van der Waals surface area contributed by atoms with E-state index in [9.17, 15) is 27.6 Å². The minimum Gasteiger partial charge on any atom is -0.466 e. The molecule has 0 fully saturated rings. The molecule has 32 heavy (non-hydrogen) atoms. The lowest BCUT2D eigenvalue weighted by molar-refractivity contribution is -0.142. The van der Waals surface area contributed by atoms with Crippen LogP contribution in [0.3, 0.4) is 0 Å². The van der Waals surface area contributed by atoms with Crippen molar-refractivity contribution >= 4 is 34.8 Å². The van der Waals surface area contributed by atoms with Gasteiger partial charge in [0.25, 0.3) is 5.91 Å². The largest absolute Gasteiger partial charge is 0.466 e. The number of carbonyl (C=O) groups excluding carboxylic acids is 3. The second-order valence-electron chi connectivity index (χ2n) is 6.84. The van der Waals surface area contributed by atoms with Crippen LogP contribution in [0.25, 0.3) is 0 Å². The van der Waals surface area contributed by atoms with Crippen molar-refractivity contribution in [2.75, 3.05) is 28.7 Å². The highest BCUT2D eigenvalue weighted by Crippen LogP contribution is 2.32. The SMILES string of the molecule is CCOC(=O)CC1=CC(=O)N(CC(=O)Nc2cccc(C(F)(F)F)c2)c2ccccc2N1. The van der Waals surface area contributed by atoms with Gasteiger partial charge in [-0.15, -0.1) is 0 Å². The molecular weight excluding hydrogens is 427 g/mol. The van der Waals surface area contributed by atoms with E-state index in [1.165, 1.54) is 23.1 Å². The van der Waals surface area contributed by atoms with E-state index >= 15 is 0 Å². The minimum absolute atomic E-state index is 0.0444. The lowest BCUT2D eigenvalue weighted by Gasteiger charge is -2.22. The summed E-state index contributed by atoms with van der Waals surface area (Å²) in [7, 11) is 0. The van der Waals surface area contributed by atoms with Crippen LogP contribution in [-0.4, -0.2) is 30.9 Å². The minimum atomic E-state index is -4.55. The van der Waals surface area contributed by atoms with Crippen molar-refractivity contribution in [2.45, 2.75) is 19.5 Å². The Morgan fingerprint density at radius 1 is 1.12 bits per heavy atom. The van der Waals surface area contributed by atoms with Crippen molar-refractivity contribution in [3.8, 4) is 0 Å². The van der Waals surface area contributed by atoms with E-state index in [-0.39, 0.29) is 18.7 Å². The number of esters is 1. The van der Waals surface area contributed by atoms with E-state index in [0.29, 0.717) is 17.1 Å². The summed E-state index contributed by atoms with van der Waals surface area (Å²) in [6, 6.07) is 10.9. The molecule has 0 radical (unpaired) electrons. The maximum absolute atomic E-state index is 12.9. The number of nitrogens with zero attached hydrogens (tertiary/aromatic N) is 1. The number of amides is 2. The zero-order chi connectivity index (χ0) is 23.3. The number of hydrogen-bond donors (Lipinski definition) is 2. The van der Waals surface area contributed by atoms with Crippen LogP contribution in [0.1, 0.15) is 18.9 Å². The molecule has 0 saturated heterocycles. The van der Waals surface area contributed by atoms with Gasteiger partial charge in [-0.05, 0) is 37.3 Å². The van der Waals surface area contributed by atoms with Crippen LogP contribution in [0.2, 0.25) is 0 Å². The average Bonchev–Trinajstić information content (AvgIpc) is 2.84. The van der Waals surface area contributed by atoms with Crippen LogP contribution in [0, 0.1) is 0 Å². The summed E-state index contributed by atoms with van der Waals surface area (Å²) >= 11 is 0. The van der Waals surface area contributed by atoms with Gasteiger partial charge < -0.3 is 15.4 Å². The van der Waals surface area contributed by atoms with Crippen molar-refractivity contribution in [3.63, 3.8) is 0 Å². The number of ether oxygens (including phenoxy) is 1. The monoisotopic (exact) mass is 447 g/mol. The van der Waals surface area contributed by atoms with Crippen LogP contribution < -0.4 is 15.5 Å². The first-order valence-corrected chi connectivity index (χ1v) is 9.68. The van der Waals surface area contributed by atoms with Gasteiger partial charge in [0.2, 0.25) is 5.91 Å². The van der Waals surface area contributed by atoms with Crippen molar-refractivity contribution in [1.29, 1.82) is 0 Å². The number of carbonyl (C=O) groups is 3. The number of para-hydroxylation sites is 2. The molecule has 1 aliphatic rings. The summed E-state index contributed by atoms with van der Waals surface area (Å²) in [6.07, 6.45) is -3.53. The predicted octanol–water partition coefficient (Wildman–Crippen LogP) is 3.94. The quantitative estimate of drug-likeness (QED) is 0.655. The predicted molar refractivity (Wildman–Crippen MR) is 112 cm³/mol. The number of rotatable bonds is 6. The molecule has 10 heteroatoms. The van der Waals surface area contributed by atoms with E-state index in [0.717, 1.165) is 12.1 Å². The molecule has 0 aromatic heterocycles. The molecule has 2 N–H and O–H groups in total. The Morgan fingerprint density at radius 3 is 2.59 bits per heavy atom. The Kier molecular flexibility index (Phi) is 6.82. The number of benzene rings is 2. The van der Waals surface area contributed by atoms with Crippen LogP contribution in [-0.2, 0) is 25.3 Å². The molecule has 2 aromatic carbocycles. The summed E-state index contributed by atoms with van der Waals surface area (Å²) < 4.78 is 43.6. The van der Waals surface area contributed by atoms with Crippen LogP contribution >= 0.6 is 0 Å². The molecule has 0 saturated carbocycles. The van der Waals surface area contributed by atoms with E-state index in [4.69, 9.17) is 4.74 Å². The lowest BCUT2D eigenvalue weighted by atomic mass is 10.2. The van der Waals surface area contributed by atoms with Crippen LogP contribution in [0.15, 0.2) is 60.3 Å². The van der Waals surface area contributed by atoms with E-state index in [2.05, 4.69) is 10.6 Å². The highest BCUT2D eigenvalue weighted by atomic mass is 19.4. The second-order valence-corrected chi connectivity index (χ2v) is 6.84. The van der Waals surface area contributed by atoms with E-state index in [1.54, 1.807) is 31.2 Å². The van der Waals surface area contributed by atoms with Gasteiger partial charge in [0.15, 0.2) is 0 Å². The van der Waals surface area contributed by atoms with Gasteiger partial charge in [0, 0.05) is 17.5 Å². The molecule has 3 rings (SSSR count). The summed E-state index contributed by atoms with van der Waals surface area (Å²) in [5.74, 6) is -1.78. The molecule has 0 atom stereocenters. The summed E-state index contributed by atoms with van der Waals surface area (Å²) in [5.41, 5.74) is 0.216. The molecule has 0 aliphatic carbocycles. The second kappa shape index (κ2) is 9.54. The molecule has 2 aromatic rings. The molecule has 168 valence electrons. The Morgan fingerprint density at radius 2 is 1.88 bits per heavy atom. The highest BCUT2D eigenvalue weighted by molar-refractivity contribution is 6.10. The maximum Gasteiger partial charge on any atom is 0.416 e. The summed E-state index contributed by atoms with van der Waals surface area (Å²) in [4.78, 5) is 38.4. The van der Waals surface area contributed by atoms with Gasteiger partial charge in [0.05, 0.1) is 30.0 Å². The molecule has 1 heterocycles. The molecule has 7 nitrogen and oxygen atoms in total. The fraction of sp³-hybridized carbons (Fsp3) is 0.227. The molecule has 1 aliphatic heterocycles. The highest BCUT2D eigenvalue weighted by Gasteiger charge is 2.31. The van der Waals surface area contributed by atoms with Gasteiger partial charge in [-0.1, -0.05) is 18.2 Å². The molecular formula is C22H20F3N3O4. The zero-order valence-corrected chi connectivity index (χ0v) is 17.0. The normalized spacial score (nSPS) is 13.4. The Bertz CT molecular complexity index is 1070. The fourth-order valence-corrected chi connectivity index (χ4v) is 3.11. The van der Waals surface area contributed by atoms with Crippen molar-refractivity contribution in [2.24, 2.45) is 0 Å². The number of nitrogens with one attached hydrogen (secondary N) is 2. The number of alkyl halides is 3. The van der Waals surface area contributed by atoms with Crippen LogP contribution in [0.4, 0.5) is 30.2 Å². The van der Waals surface area contributed by atoms with E-state index in [1.807, 2.05) is 0 Å². The maximum atomic E-state index is 12.9. The van der Waals surface area contributed by atoms with Gasteiger partial charge >= 0.3 is 12.1 Å². The van der Waals surface area contributed by atoms with Gasteiger partial charge in [0.1, 0.15) is 6.54 Å². The third kappa shape index (κ3) is 5.65. The summed E-state index contributed by atoms with van der Waals surface area (Å²) in [5, 5.41) is 5.38. The number of hydrogen-bond acceptors (Lipinski definition) is 5. The van der Waals surface area contributed by atoms with Crippen molar-refractivity contribution in [1.82, 2.24) is 0 Å². The Labute approximate surface area is 181 Å². The van der Waals surface area contributed by atoms with Crippen molar-refractivity contribution in [3.05, 3.63) is 65.9 Å². The third-order valence-corrected chi connectivity index (χ3v) is 4.47. The molecule has 0 bridgehead atoms. The van der Waals surface area contributed by atoms with Gasteiger partial charge in [-0.3, -0.25) is 19.3 Å². The average molecular weight is 447 g/mol. The topological polar surface area (TPSA) is 87.7 Å². The Hall–Kier alpha value is -3.82. The third-order valence-electron chi connectivity index (χ3n) is 4.47. The van der Waals surface area contributed by atoms with E-state index < -0.39 is 36.1 Å². The fourth-order valence-electron chi connectivity index (χ4n) is 3.11. The first kappa shape index (κ1) is 22.9. The van der Waals surface area contributed by atoms with Gasteiger partial charge in [-0.2, -0.15) is 13.2 Å². The smallest absolute Gasteiger partial charge is 0.416 e. The molecule has 2 amide bonds. The number of anilines is 3. The van der Waals surface area contributed by atoms with Crippen molar-refractivity contribution < 1.29 is 32.3 Å². The first-order chi connectivity index (χ1) is 15.2. The zero-order valence-electron chi connectivity index (χ0n) is 17.0. The summed E-state index contributed by atoms with van der Waals surface area (Å²) in [6.45, 7) is 1.41.